The van der Waals surface area contributed by atoms with Gasteiger partial charge < -0.3 is 14.2 Å². The maximum absolute atomic E-state index is 14.2. The fourth-order valence-electron chi connectivity index (χ4n) is 5.38. The molecule has 0 saturated heterocycles. The fraction of sp³-hybridized carbons (Fsp3) is 0.139. The Kier molecular flexibility index (Phi) is 9.82. The number of ether oxygens (including phenoxy) is 3. The second-order valence-corrected chi connectivity index (χ2v) is 12.8. The summed E-state index contributed by atoms with van der Waals surface area (Å²) in [6.07, 6.45) is 1.77. The van der Waals surface area contributed by atoms with E-state index in [1.54, 1.807) is 35.8 Å². The number of non-ortho nitro benzene ring substituents is 1. The standard InChI is InChI=1S/C36H28IN3O7S/c1-3-46-35(42)30-31(24-10-6-4-7-11-24)38-36-39(32(30)25-12-8-5-9-13-25)34(41)29(48-36)20-23-18-27(37)33(28(19-23)45-2)47-21-22-14-16-26(17-15-22)40(43)44/h4-20,32H,3,21H2,1-2H3/b29-20-/t32-/m1/s1. The van der Waals surface area contributed by atoms with Gasteiger partial charge in [0.15, 0.2) is 16.3 Å². The van der Waals surface area contributed by atoms with Crippen LogP contribution < -0.4 is 24.4 Å². The van der Waals surface area contributed by atoms with Crippen molar-refractivity contribution in [1.29, 1.82) is 0 Å². The summed E-state index contributed by atoms with van der Waals surface area (Å²) in [7, 11) is 1.53. The molecule has 0 fully saturated rings. The molecule has 0 saturated carbocycles. The zero-order chi connectivity index (χ0) is 33.8. The van der Waals surface area contributed by atoms with Crippen molar-refractivity contribution in [2.45, 2.75) is 19.6 Å². The number of nitrogens with zero attached hydrogens (tertiary/aromatic N) is 3. The molecule has 0 radical (unpaired) electrons. The Morgan fingerprint density at radius 3 is 2.38 bits per heavy atom. The molecule has 48 heavy (non-hydrogen) atoms. The predicted molar refractivity (Wildman–Crippen MR) is 191 cm³/mol. The Labute approximate surface area is 292 Å². The maximum atomic E-state index is 14.2. The lowest BCUT2D eigenvalue weighted by atomic mass is 9.93. The van der Waals surface area contributed by atoms with E-state index in [1.165, 1.54) is 30.6 Å². The molecule has 0 aliphatic carbocycles. The number of hydrogen-bond donors (Lipinski definition) is 0. The molecule has 5 aromatic rings. The van der Waals surface area contributed by atoms with Crippen molar-refractivity contribution in [3.05, 3.63) is 158 Å². The highest BCUT2D eigenvalue weighted by Crippen LogP contribution is 2.36. The summed E-state index contributed by atoms with van der Waals surface area (Å²) in [6, 6.07) is 27.8. The van der Waals surface area contributed by atoms with Crippen LogP contribution in [-0.4, -0.2) is 29.2 Å². The lowest BCUT2D eigenvalue weighted by molar-refractivity contribution is -0.384. The Balaban J connectivity index is 1.44. The highest BCUT2D eigenvalue weighted by Gasteiger charge is 2.35. The Morgan fingerprint density at radius 2 is 1.73 bits per heavy atom. The molecule has 0 bridgehead atoms. The molecule has 1 aromatic heterocycles. The summed E-state index contributed by atoms with van der Waals surface area (Å²) in [6.45, 7) is 2.09. The molecule has 242 valence electrons. The number of hydrogen-bond acceptors (Lipinski definition) is 9. The number of nitro groups is 1. The van der Waals surface area contributed by atoms with Gasteiger partial charge in [-0.1, -0.05) is 72.0 Å². The van der Waals surface area contributed by atoms with Crippen LogP contribution in [0.2, 0.25) is 0 Å². The van der Waals surface area contributed by atoms with Gasteiger partial charge in [0.1, 0.15) is 6.61 Å². The minimum Gasteiger partial charge on any atom is -0.493 e. The van der Waals surface area contributed by atoms with Crippen LogP contribution in [0.1, 0.15) is 35.2 Å². The zero-order valence-corrected chi connectivity index (χ0v) is 28.8. The predicted octanol–water partition coefficient (Wildman–Crippen LogP) is 6.04. The van der Waals surface area contributed by atoms with Crippen molar-refractivity contribution in [3.63, 3.8) is 0 Å². The molecule has 6 rings (SSSR count). The molecule has 0 spiro atoms. The first-order chi connectivity index (χ1) is 23.3. The largest absolute Gasteiger partial charge is 0.493 e. The van der Waals surface area contributed by atoms with Crippen LogP contribution in [-0.2, 0) is 16.1 Å². The zero-order valence-electron chi connectivity index (χ0n) is 25.8. The number of methoxy groups -OCH3 is 1. The third-order valence-electron chi connectivity index (χ3n) is 7.57. The molecule has 1 aliphatic heterocycles. The fourth-order valence-corrected chi connectivity index (χ4v) is 7.16. The van der Waals surface area contributed by atoms with E-state index in [1.807, 2.05) is 66.7 Å². The molecule has 1 aliphatic rings. The number of aromatic nitrogens is 1. The van der Waals surface area contributed by atoms with E-state index in [-0.39, 0.29) is 24.5 Å². The van der Waals surface area contributed by atoms with Gasteiger partial charge in [-0.25, -0.2) is 9.79 Å². The minimum atomic E-state index is -0.760. The summed E-state index contributed by atoms with van der Waals surface area (Å²) in [5.41, 5.74) is 3.41. The molecule has 2 heterocycles. The quantitative estimate of drug-likeness (QED) is 0.0735. The number of nitro benzene ring substituents is 1. The van der Waals surface area contributed by atoms with Gasteiger partial charge in [0, 0.05) is 17.7 Å². The van der Waals surface area contributed by atoms with Gasteiger partial charge in [-0.2, -0.15) is 0 Å². The monoisotopic (exact) mass is 773 g/mol. The van der Waals surface area contributed by atoms with Crippen LogP contribution in [0.5, 0.6) is 11.5 Å². The number of thiazole rings is 1. The van der Waals surface area contributed by atoms with E-state index in [4.69, 9.17) is 19.2 Å². The number of esters is 1. The van der Waals surface area contributed by atoms with Crippen molar-refractivity contribution in [3.8, 4) is 11.5 Å². The van der Waals surface area contributed by atoms with Gasteiger partial charge in [0.2, 0.25) is 0 Å². The van der Waals surface area contributed by atoms with Gasteiger partial charge >= 0.3 is 5.97 Å². The molecule has 0 unspecified atom stereocenters. The third-order valence-corrected chi connectivity index (χ3v) is 9.35. The highest BCUT2D eigenvalue weighted by atomic mass is 127. The number of rotatable bonds is 10. The average molecular weight is 774 g/mol. The molecule has 4 aromatic carbocycles. The Bertz CT molecular complexity index is 2210. The van der Waals surface area contributed by atoms with E-state index < -0.39 is 16.9 Å². The van der Waals surface area contributed by atoms with E-state index in [0.29, 0.717) is 37.7 Å². The van der Waals surface area contributed by atoms with Gasteiger partial charge in [0.05, 0.1) is 44.1 Å². The SMILES string of the molecule is CCOC(=O)C1=C(c2ccccc2)N=c2s/c(=C\c3cc(I)c(OCc4ccc([N+](=O)[O-])cc4)c(OC)c3)c(=O)n2[C@@H]1c1ccccc1. The lowest BCUT2D eigenvalue weighted by Gasteiger charge is -2.25. The number of benzene rings is 4. The first kappa shape index (κ1) is 32.8. The maximum Gasteiger partial charge on any atom is 0.338 e. The van der Waals surface area contributed by atoms with Crippen molar-refractivity contribution >= 4 is 57.4 Å². The van der Waals surface area contributed by atoms with Crippen molar-refractivity contribution in [2.24, 2.45) is 4.99 Å². The summed E-state index contributed by atoms with van der Waals surface area (Å²) in [5, 5.41) is 11.0. The summed E-state index contributed by atoms with van der Waals surface area (Å²) >= 11 is 3.38. The van der Waals surface area contributed by atoms with Gasteiger partial charge in [-0.05, 0) is 76.5 Å². The topological polar surface area (TPSA) is 122 Å². The van der Waals surface area contributed by atoms with E-state index in [9.17, 15) is 19.7 Å². The average Bonchev–Trinajstić information content (AvgIpc) is 3.41. The first-order valence-electron chi connectivity index (χ1n) is 14.9. The van der Waals surface area contributed by atoms with Crippen LogP contribution >= 0.6 is 33.9 Å². The number of fused-ring (bicyclic) bond motifs is 1. The normalized spacial score (nSPS) is 14.2. The van der Waals surface area contributed by atoms with Crippen LogP contribution in [0, 0.1) is 13.7 Å². The van der Waals surface area contributed by atoms with Gasteiger partial charge in [-0.15, -0.1) is 0 Å². The van der Waals surface area contributed by atoms with E-state index in [2.05, 4.69) is 22.6 Å². The molecule has 0 amide bonds. The summed E-state index contributed by atoms with van der Waals surface area (Å²) in [5.74, 6) is 0.429. The number of carbonyl (C=O) groups is 1. The van der Waals surface area contributed by atoms with E-state index >= 15 is 0 Å². The molecule has 1 atom stereocenters. The smallest absolute Gasteiger partial charge is 0.338 e. The van der Waals surface area contributed by atoms with Crippen molar-refractivity contribution < 1.29 is 23.9 Å². The molecular formula is C36H28IN3O7S. The molecule has 10 nitrogen and oxygen atoms in total. The molecular weight excluding hydrogens is 745 g/mol. The highest BCUT2D eigenvalue weighted by molar-refractivity contribution is 14.1. The van der Waals surface area contributed by atoms with Gasteiger partial charge in [0.25, 0.3) is 11.2 Å². The second kappa shape index (κ2) is 14.4. The van der Waals surface area contributed by atoms with Gasteiger partial charge in [-0.3, -0.25) is 19.5 Å². The minimum absolute atomic E-state index is 0.00374. The van der Waals surface area contributed by atoms with Crippen LogP contribution in [0.15, 0.2) is 112 Å². The molecule has 0 N–H and O–H groups in total. The molecule has 12 heteroatoms. The summed E-state index contributed by atoms with van der Waals surface area (Å²) in [4.78, 5) is 43.7. The number of carbonyl (C=O) groups excluding carboxylic acids is 1. The lowest BCUT2D eigenvalue weighted by Crippen LogP contribution is -2.40. The van der Waals surface area contributed by atoms with Crippen LogP contribution in [0.25, 0.3) is 11.8 Å². The number of halogens is 1. The Morgan fingerprint density at radius 1 is 1.04 bits per heavy atom. The Hall–Kier alpha value is -5.08. The summed E-state index contributed by atoms with van der Waals surface area (Å²) < 4.78 is 20.0. The van der Waals surface area contributed by atoms with Crippen LogP contribution in [0.4, 0.5) is 5.69 Å². The van der Waals surface area contributed by atoms with E-state index in [0.717, 1.165) is 20.3 Å². The first-order valence-corrected chi connectivity index (χ1v) is 16.8. The third kappa shape index (κ3) is 6.66. The van der Waals surface area contributed by atoms with Crippen molar-refractivity contribution in [1.82, 2.24) is 4.57 Å². The van der Waals surface area contributed by atoms with Crippen molar-refractivity contribution in [2.75, 3.05) is 13.7 Å². The second-order valence-electron chi connectivity index (χ2n) is 10.6. The van der Waals surface area contributed by atoms with Crippen LogP contribution in [0.3, 0.4) is 0 Å².